The molecule has 3 N–H and O–H groups in total. The van der Waals surface area contributed by atoms with Gasteiger partial charge in [-0.3, -0.25) is 14.0 Å². The third-order valence-corrected chi connectivity index (χ3v) is 3.89. The maximum atomic E-state index is 13.3. The molecule has 10 heteroatoms. The average Bonchev–Trinajstić information content (AvgIpc) is 2.96. The molecule has 7 nitrogen and oxygen atoms in total. The zero-order chi connectivity index (χ0) is 19.6. The van der Waals surface area contributed by atoms with Crippen LogP contribution in [0.2, 0.25) is 0 Å². The summed E-state index contributed by atoms with van der Waals surface area (Å²) in [6, 6.07) is 5.14. The molecular formula is C17H15F3N4O3. The number of anilines is 1. The van der Waals surface area contributed by atoms with E-state index >= 15 is 0 Å². The lowest BCUT2D eigenvalue weighted by Crippen LogP contribution is -2.11. The third-order valence-electron chi connectivity index (χ3n) is 3.89. The lowest BCUT2D eigenvalue weighted by Gasteiger charge is -2.10. The van der Waals surface area contributed by atoms with E-state index in [9.17, 15) is 22.8 Å². The fraction of sp³-hybridized carbons (Fsp3) is 0.235. The zero-order valence-corrected chi connectivity index (χ0v) is 13.9. The first-order valence-electron chi connectivity index (χ1n) is 8.01. The molecule has 0 bridgehead atoms. The second-order valence-electron chi connectivity index (χ2n) is 5.76. The van der Waals surface area contributed by atoms with Crippen molar-refractivity contribution in [3.05, 3.63) is 52.6 Å². The number of imidazole rings is 1. The second kappa shape index (κ2) is 7.14. The van der Waals surface area contributed by atoms with E-state index in [-0.39, 0.29) is 42.1 Å². The van der Waals surface area contributed by atoms with Crippen LogP contribution in [0.3, 0.4) is 0 Å². The van der Waals surface area contributed by atoms with Crippen LogP contribution in [0.25, 0.3) is 16.9 Å². The van der Waals surface area contributed by atoms with Crippen molar-refractivity contribution in [3.8, 4) is 11.3 Å². The minimum atomic E-state index is -4.62. The Balaban J connectivity index is 2.14. The first kappa shape index (κ1) is 18.5. The molecule has 27 heavy (non-hydrogen) atoms. The van der Waals surface area contributed by atoms with Gasteiger partial charge < -0.3 is 15.4 Å². The SMILES string of the molecule is O=C(O)CCCNc1c(-c2ccc[nH]c2=O)nc2c(C(F)(F)F)cccn12. The number of hydrogen-bond donors (Lipinski definition) is 3. The number of pyridine rings is 2. The zero-order valence-electron chi connectivity index (χ0n) is 13.9. The molecule has 0 unspecified atom stereocenters. The number of aliphatic carboxylic acids is 1. The topological polar surface area (TPSA) is 99.5 Å². The smallest absolute Gasteiger partial charge is 0.419 e. The van der Waals surface area contributed by atoms with Crippen molar-refractivity contribution in [2.75, 3.05) is 11.9 Å². The van der Waals surface area contributed by atoms with Gasteiger partial charge in [-0.1, -0.05) is 0 Å². The van der Waals surface area contributed by atoms with Crippen molar-refractivity contribution in [3.63, 3.8) is 0 Å². The number of alkyl halides is 3. The van der Waals surface area contributed by atoms with Gasteiger partial charge in [-0.2, -0.15) is 13.2 Å². The van der Waals surface area contributed by atoms with Gasteiger partial charge in [0.15, 0.2) is 5.65 Å². The molecule has 0 aliphatic heterocycles. The van der Waals surface area contributed by atoms with Crippen molar-refractivity contribution in [1.29, 1.82) is 0 Å². The normalized spacial score (nSPS) is 11.7. The fourth-order valence-electron chi connectivity index (χ4n) is 2.70. The number of carbonyl (C=O) groups is 1. The highest BCUT2D eigenvalue weighted by atomic mass is 19.4. The number of rotatable bonds is 6. The molecule has 3 aromatic heterocycles. The highest BCUT2D eigenvalue weighted by molar-refractivity contribution is 5.77. The molecule has 0 fully saturated rings. The summed E-state index contributed by atoms with van der Waals surface area (Å²) in [4.78, 5) is 29.3. The van der Waals surface area contributed by atoms with Gasteiger partial charge in [-0.25, -0.2) is 4.98 Å². The van der Waals surface area contributed by atoms with Gasteiger partial charge in [0.25, 0.3) is 5.56 Å². The van der Waals surface area contributed by atoms with Crippen LogP contribution < -0.4 is 10.9 Å². The molecule has 0 radical (unpaired) electrons. The molecule has 3 aromatic rings. The van der Waals surface area contributed by atoms with Gasteiger partial charge in [0.2, 0.25) is 0 Å². The van der Waals surface area contributed by atoms with Crippen LogP contribution in [-0.4, -0.2) is 32.0 Å². The summed E-state index contributed by atoms with van der Waals surface area (Å²) < 4.78 is 41.2. The van der Waals surface area contributed by atoms with Gasteiger partial charge in [0, 0.05) is 25.4 Å². The Morgan fingerprint density at radius 3 is 2.74 bits per heavy atom. The largest absolute Gasteiger partial charge is 0.481 e. The molecular weight excluding hydrogens is 365 g/mol. The van der Waals surface area contributed by atoms with E-state index in [4.69, 9.17) is 5.11 Å². The summed E-state index contributed by atoms with van der Waals surface area (Å²) in [6.07, 6.45) is -1.65. The second-order valence-corrected chi connectivity index (χ2v) is 5.76. The van der Waals surface area contributed by atoms with Crippen molar-refractivity contribution < 1.29 is 23.1 Å². The van der Waals surface area contributed by atoms with Crippen molar-refractivity contribution >= 4 is 17.4 Å². The fourth-order valence-corrected chi connectivity index (χ4v) is 2.70. The Hall–Kier alpha value is -3.30. The lowest BCUT2D eigenvalue weighted by atomic mass is 10.2. The van der Waals surface area contributed by atoms with Crippen LogP contribution in [0.1, 0.15) is 18.4 Å². The van der Waals surface area contributed by atoms with E-state index in [0.29, 0.717) is 0 Å². The van der Waals surface area contributed by atoms with Gasteiger partial charge in [0.1, 0.15) is 11.5 Å². The van der Waals surface area contributed by atoms with E-state index in [1.165, 1.54) is 28.9 Å². The van der Waals surface area contributed by atoms with Gasteiger partial charge in [-0.15, -0.1) is 0 Å². The van der Waals surface area contributed by atoms with E-state index < -0.39 is 23.3 Å². The number of H-pyrrole nitrogens is 1. The Morgan fingerprint density at radius 2 is 2.07 bits per heavy atom. The number of halogens is 3. The predicted octanol–water partition coefficient (Wildman–Crippen LogP) is 2.99. The number of nitrogens with zero attached hydrogens (tertiary/aromatic N) is 2. The number of nitrogens with one attached hydrogen (secondary N) is 2. The molecule has 0 aromatic carbocycles. The first-order valence-corrected chi connectivity index (χ1v) is 8.01. The number of fused-ring (bicyclic) bond motifs is 1. The Bertz CT molecular complexity index is 1040. The van der Waals surface area contributed by atoms with Crippen LogP contribution in [0.15, 0.2) is 41.5 Å². The Kier molecular flexibility index (Phi) is 4.89. The van der Waals surface area contributed by atoms with Crippen LogP contribution in [0.5, 0.6) is 0 Å². The third kappa shape index (κ3) is 3.78. The summed E-state index contributed by atoms with van der Waals surface area (Å²) in [6.45, 7) is 0.189. The van der Waals surface area contributed by atoms with Crippen LogP contribution in [-0.2, 0) is 11.0 Å². The van der Waals surface area contributed by atoms with Gasteiger partial charge in [-0.05, 0) is 30.7 Å². The molecule has 3 rings (SSSR count). The molecule has 142 valence electrons. The number of carboxylic acid groups (broad SMARTS) is 1. The molecule has 0 saturated heterocycles. The maximum absolute atomic E-state index is 13.3. The quantitative estimate of drug-likeness (QED) is 0.571. The summed E-state index contributed by atoms with van der Waals surface area (Å²) in [5.74, 6) is -0.785. The maximum Gasteiger partial charge on any atom is 0.419 e. The standard InChI is InChI=1S/C17H15F3N4O3/c18-17(19,20)11-5-3-9-24-14(11)23-13(10-4-1-8-22-16(10)27)15(24)21-7-2-6-12(25)26/h1,3-5,8-9,21H,2,6-7H2,(H,22,27)(H,25,26). The van der Waals surface area contributed by atoms with Gasteiger partial charge in [0.05, 0.1) is 11.1 Å². The Labute approximate surface area is 150 Å². The summed E-state index contributed by atoms with van der Waals surface area (Å²) >= 11 is 0. The predicted molar refractivity (Wildman–Crippen MR) is 91.6 cm³/mol. The summed E-state index contributed by atoms with van der Waals surface area (Å²) in [5.41, 5.74) is -1.61. The number of aromatic amines is 1. The molecule has 0 saturated carbocycles. The molecule has 0 spiro atoms. The highest BCUT2D eigenvalue weighted by Crippen LogP contribution is 2.35. The number of carboxylic acids is 1. The van der Waals surface area contributed by atoms with E-state index in [0.717, 1.165) is 6.07 Å². The van der Waals surface area contributed by atoms with E-state index in [1.807, 2.05) is 0 Å². The Morgan fingerprint density at radius 1 is 1.30 bits per heavy atom. The molecule has 0 amide bonds. The average molecular weight is 380 g/mol. The highest BCUT2D eigenvalue weighted by Gasteiger charge is 2.35. The first-order chi connectivity index (χ1) is 12.8. The van der Waals surface area contributed by atoms with Crippen LogP contribution >= 0.6 is 0 Å². The van der Waals surface area contributed by atoms with Crippen molar-refractivity contribution in [2.24, 2.45) is 0 Å². The minimum absolute atomic E-state index is 0.0591. The monoisotopic (exact) mass is 380 g/mol. The van der Waals surface area contributed by atoms with Crippen LogP contribution in [0, 0.1) is 0 Å². The number of hydrogen-bond acceptors (Lipinski definition) is 4. The lowest BCUT2D eigenvalue weighted by molar-refractivity contribution is -0.137. The van der Waals surface area contributed by atoms with Crippen LogP contribution in [0.4, 0.5) is 19.0 Å². The van der Waals surface area contributed by atoms with E-state index in [2.05, 4.69) is 15.3 Å². The number of aromatic nitrogens is 3. The molecule has 0 atom stereocenters. The van der Waals surface area contributed by atoms with Crippen molar-refractivity contribution in [1.82, 2.24) is 14.4 Å². The molecule has 0 aliphatic rings. The summed E-state index contributed by atoms with van der Waals surface area (Å²) in [5, 5.41) is 11.6. The molecule has 3 heterocycles. The van der Waals surface area contributed by atoms with E-state index in [1.54, 1.807) is 6.07 Å². The minimum Gasteiger partial charge on any atom is -0.481 e. The van der Waals surface area contributed by atoms with Crippen molar-refractivity contribution in [2.45, 2.75) is 19.0 Å². The summed E-state index contributed by atoms with van der Waals surface area (Å²) in [7, 11) is 0. The van der Waals surface area contributed by atoms with Gasteiger partial charge >= 0.3 is 12.1 Å². The molecule has 0 aliphatic carbocycles.